The van der Waals surface area contributed by atoms with Crippen molar-refractivity contribution in [1.82, 2.24) is 29.7 Å². The molecule has 0 saturated heterocycles. The molecule has 0 amide bonds. The number of anilines is 1. The molecule has 2 atom stereocenters. The maximum Gasteiger partial charge on any atom is 0.340 e. The number of nitrogens with zero attached hydrogens (tertiary/aromatic N) is 6. The van der Waals surface area contributed by atoms with Gasteiger partial charge in [-0.25, -0.2) is 23.7 Å². The van der Waals surface area contributed by atoms with Gasteiger partial charge in [0.15, 0.2) is 18.2 Å². The first-order chi connectivity index (χ1) is 18.5. The molecule has 1 saturated carbocycles. The highest BCUT2D eigenvalue weighted by Crippen LogP contribution is 2.30. The van der Waals surface area contributed by atoms with E-state index in [0.29, 0.717) is 41.4 Å². The second kappa shape index (κ2) is 11.8. The molecule has 3 aromatic heterocycles. The fourth-order valence-corrected chi connectivity index (χ4v) is 4.12. The quantitative estimate of drug-likeness (QED) is 0.337. The van der Waals surface area contributed by atoms with E-state index in [1.54, 1.807) is 31.0 Å². The molecule has 11 nitrogen and oxygen atoms in total. The number of carbonyl (C=O) groups is 1. The van der Waals surface area contributed by atoms with Crippen LogP contribution in [0.15, 0.2) is 24.7 Å². The predicted octanol–water partition coefficient (Wildman–Crippen LogP) is 3.89. The maximum atomic E-state index is 13.1. The highest BCUT2D eigenvalue weighted by molar-refractivity contribution is 5.70. The molecule has 0 unspecified atom stereocenters. The second-order valence-electron chi connectivity index (χ2n) is 9.14. The van der Waals surface area contributed by atoms with Crippen LogP contribution < -0.4 is 14.8 Å². The zero-order chi connectivity index (χ0) is 28.2. The molecule has 39 heavy (non-hydrogen) atoms. The Hall–Kier alpha value is -4.04. The Morgan fingerprint density at radius 3 is 2.77 bits per heavy atom. The van der Waals surface area contributed by atoms with Gasteiger partial charge in [0.1, 0.15) is 0 Å². The van der Waals surface area contributed by atoms with Gasteiger partial charge in [-0.1, -0.05) is 0 Å². The third kappa shape index (κ3) is 6.89. The molecule has 0 spiro atoms. The lowest BCUT2D eigenvalue weighted by atomic mass is 9.87. The fourth-order valence-electron chi connectivity index (χ4n) is 4.12. The molecular weight excluding hydrogens is 526 g/mol. The summed E-state index contributed by atoms with van der Waals surface area (Å²) in [5, 5.41) is 16.5. The van der Waals surface area contributed by atoms with Gasteiger partial charge < -0.3 is 19.9 Å². The minimum Gasteiger partial charge on any atom is -0.487 e. The minimum absolute atomic E-state index is 0.0213. The number of ether oxygens (including phenoxy) is 2. The largest absolute Gasteiger partial charge is 0.487 e. The van der Waals surface area contributed by atoms with Crippen LogP contribution in [0.25, 0.3) is 11.4 Å². The average molecular weight is 554 g/mol. The van der Waals surface area contributed by atoms with Crippen molar-refractivity contribution in [3.63, 3.8) is 0 Å². The van der Waals surface area contributed by atoms with Gasteiger partial charge in [0.05, 0.1) is 47.9 Å². The van der Waals surface area contributed by atoms with Gasteiger partial charge in [0, 0.05) is 19.3 Å². The Morgan fingerprint density at radius 2 is 2.05 bits per heavy atom. The first-order valence-corrected chi connectivity index (χ1v) is 12.1. The maximum absolute atomic E-state index is 13.1. The number of aliphatic carboxylic acids is 1. The van der Waals surface area contributed by atoms with Gasteiger partial charge in [-0.3, -0.25) is 9.48 Å². The number of carboxylic acids is 1. The van der Waals surface area contributed by atoms with E-state index in [9.17, 15) is 27.5 Å². The Morgan fingerprint density at radius 1 is 1.26 bits per heavy atom. The summed E-state index contributed by atoms with van der Waals surface area (Å²) in [4.78, 5) is 28.2. The van der Waals surface area contributed by atoms with Crippen LogP contribution in [0.1, 0.15) is 37.1 Å². The molecular formula is C24H27F4N7O4. The molecule has 0 radical (unpaired) electrons. The van der Waals surface area contributed by atoms with Crippen molar-refractivity contribution in [2.45, 2.75) is 57.6 Å². The van der Waals surface area contributed by atoms with Gasteiger partial charge in [0.2, 0.25) is 11.8 Å². The number of carboxylic acid groups (broad SMARTS) is 1. The number of alkyl halides is 4. The standard InChI is InChI=1S/C24H27F4N7O4/c1-13-18(39-15-5-3-4-14(8-15)21(36)37)11-30-20(33-13)16-9-32-35(2)17(16)10-31-23-29-7-6-19(34-23)38-12-24(27,28)22(25)26/h6-7,9,11,14-15,22H,3-5,8,10,12H2,1-2H3,(H,36,37)(H,29,31,34)/t14-,15-/m0/s1. The Bertz CT molecular complexity index is 1310. The highest BCUT2D eigenvalue weighted by atomic mass is 19.3. The van der Waals surface area contributed by atoms with Gasteiger partial charge in [-0.2, -0.15) is 18.9 Å². The second-order valence-corrected chi connectivity index (χ2v) is 9.14. The summed E-state index contributed by atoms with van der Waals surface area (Å²) in [5.41, 5.74) is 1.83. The van der Waals surface area contributed by atoms with Crippen LogP contribution in [-0.2, 0) is 18.4 Å². The number of nitrogens with one attached hydrogen (secondary N) is 1. The monoisotopic (exact) mass is 553 g/mol. The molecule has 4 rings (SSSR count). The van der Waals surface area contributed by atoms with Crippen LogP contribution >= 0.6 is 0 Å². The average Bonchev–Trinajstić information content (AvgIpc) is 3.28. The summed E-state index contributed by atoms with van der Waals surface area (Å²) in [5.74, 6) is -4.97. The molecule has 15 heteroatoms. The number of aryl methyl sites for hydroxylation is 2. The van der Waals surface area contributed by atoms with Crippen LogP contribution in [0, 0.1) is 12.8 Å². The summed E-state index contributed by atoms with van der Waals surface area (Å²) in [6.07, 6.45) is 2.87. The summed E-state index contributed by atoms with van der Waals surface area (Å²) in [6.45, 7) is 0.384. The van der Waals surface area contributed by atoms with Crippen molar-refractivity contribution >= 4 is 11.9 Å². The fraction of sp³-hybridized carbons (Fsp3) is 0.500. The van der Waals surface area contributed by atoms with Crippen molar-refractivity contribution in [2.24, 2.45) is 13.0 Å². The van der Waals surface area contributed by atoms with Gasteiger partial charge >= 0.3 is 18.3 Å². The Labute approximate surface area is 220 Å². The van der Waals surface area contributed by atoms with Crippen molar-refractivity contribution in [1.29, 1.82) is 0 Å². The SMILES string of the molecule is Cc1nc(-c2cnn(C)c2CNc2nccc(OCC(F)(F)C(F)F)n2)ncc1O[C@H]1CCC[C@H](C(=O)O)C1. The molecule has 1 fully saturated rings. The van der Waals surface area contributed by atoms with Crippen LogP contribution in [0.2, 0.25) is 0 Å². The van der Waals surface area contributed by atoms with E-state index in [1.165, 1.54) is 12.3 Å². The van der Waals surface area contributed by atoms with Gasteiger partial charge in [-0.05, 0) is 32.6 Å². The van der Waals surface area contributed by atoms with Gasteiger partial charge in [0.25, 0.3) is 0 Å². The van der Waals surface area contributed by atoms with Gasteiger partial charge in [-0.15, -0.1) is 0 Å². The molecule has 0 bridgehead atoms. The number of aromatic nitrogens is 6. The van der Waals surface area contributed by atoms with Crippen LogP contribution in [-0.4, -0.2) is 65.9 Å². The van der Waals surface area contributed by atoms with E-state index >= 15 is 0 Å². The van der Waals surface area contributed by atoms with E-state index in [4.69, 9.17) is 9.47 Å². The third-order valence-electron chi connectivity index (χ3n) is 6.28. The minimum atomic E-state index is -4.31. The number of hydrogen-bond donors (Lipinski definition) is 2. The first-order valence-electron chi connectivity index (χ1n) is 12.1. The van der Waals surface area contributed by atoms with E-state index in [0.717, 1.165) is 12.8 Å². The normalized spacial score (nSPS) is 17.7. The molecule has 3 heterocycles. The van der Waals surface area contributed by atoms with Crippen LogP contribution in [0.5, 0.6) is 11.6 Å². The zero-order valence-corrected chi connectivity index (χ0v) is 21.2. The summed E-state index contributed by atoms with van der Waals surface area (Å²) in [6, 6.07) is 1.18. The van der Waals surface area contributed by atoms with Crippen LogP contribution in [0.3, 0.4) is 0 Å². The highest BCUT2D eigenvalue weighted by Gasteiger charge is 2.41. The predicted molar refractivity (Wildman–Crippen MR) is 129 cm³/mol. The smallest absolute Gasteiger partial charge is 0.340 e. The molecule has 0 aromatic carbocycles. The molecule has 2 N–H and O–H groups in total. The Balaban J connectivity index is 1.43. The molecule has 1 aliphatic carbocycles. The Kier molecular flexibility index (Phi) is 8.45. The van der Waals surface area contributed by atoms with Crippen molar-refractivity contribution in [2.75, 3.05) is 11.9 Å². The number of halogens is 4. The zero-order valence-electron chi connectivity index (χ0n) is 21.2. The molecule has 3 aromatic rings. The van der Waals surface area contributed by atoms with Crippen molar-refractivity contribution in [3.8, 4) is 23.0 Å². The third-order valence-corrected chi connectivity index (χ3v) is 6.28. The lowest BCUT2D eigenvalue weighted by Crippen LogP contribution is -2.33. The number of hydrogen-bond acceptors (Lipinski definition) is 9. The van der Waals surface area contributed by atoms with Crippen molar-refractivity contribution in [3.05, 3.63) is 36.0 Å². The molecule has 1 aliphatic rings. The first kappa shape index (κ1) is 28.0. The van der Waals surface area contributed by atoms with E-state index in [2.05, 4.69) is 30.4 Å². The summed E-state index contributed by atoms with van der Waals surface area (Å²) >= 11 is 0. The molecule has 0 aliphatic heterocycles. The number of rotatable bonds is 11. The van der Waals surface area contributed by atoms with E-state index < -0.39 is 30.8 Å². The van der Waals surface area contributed by atoms with E-state index in [-0.39, 0.29) is 24.5 Å². The lowest BCUT2D eigenvalue weighted by molar-refractivity contribution is -0.148. The summed E-state index contributed by atoms with van der Waals surface area (Å²) in [7, 11) is 1.71. The summed E-state index contributed by atoms with van der Waals surface area (Å²) < 4.78 is 63.4. The van der Waals surface area contributed by atoms with Crippen LogP contribution in [0.4, 0.5) is 23.5 Å². The molecule has 210 valence electrons. The van der Waals surface area contributed by atoms with E-state index in [1.807, 2.05) is 0 Å². The van der Waals surface area contributed by atoms with Crippen molar-refractivity contribution < 1.29 is 36.9 Å². The topological polar surface area (TPSA) is 137 Å². The lowest BCUT2D eigenvalue weighted by Gasteiger charge is -2.27.